The van der Waals surface area contributed by atoms with Crippen molar-refractivity contribution in [3.63, 3.8) is 0 Å². The van der Waals surface area contributed by atoms with Crippen LogP contribution in [0, 0.1) is 0 Å². The summed E-state index contributed by atoms with van der Waals surface area (Å²) in [6.45, 7) is 0.202. The van der Waals surface area contributed by atoms with E-state index in [-0.39, 0.29) is 12.5 Å². The molecule has 7 heteroatoms. The summed E-state index contributed by atoms with van der Waals surface area (Å²) < 4.78 is 10.9. The fourth-order valence-electron chi connectivity index (χ4n) is 3.54. The Kier molecular flexibility index (Phi) is 5.03. The summed E-state index contributed by atoms with van der Waals surface area (Å²) in [6.07, 6.45) is 1.14. The summed E-state index contributed by atoms with van der Waals surface area (Å²) in [4.78, 5) is 37.0. The van der Waals surface area contributed by atoms with Gasteiger partial charge in [0.2, 0.25) is 0 Å². The number of ether oxygens (including phenoxy) is 1. The second-order valence-electron chi connectivity index (χ2n) is 6.88. The first-order valence-corrected chi connectivity index (χ1v) is 9.31. The molecule has 2 heterocycles. The third kappa shape index (κ3) is 3.85. The molecule has 1 atom stereocenters. The Balaban J connectivity index is 1.45. The minimum absolute atomic E-state index is 0.228. The normalized spacial score (nSPS) is 16.1. The van der Waals surface area contributed by atoms with Gasteiger partial charge in [-0.25, -0.2) is 9.59 Å². The third-order valence-electron chi connectivity index (χ3n) is 5.03. The van der Waals surface area contributed by atoms with Gasteiger partial charge in [-0.15, -0.1) is 0 Å². The summed E-state index contributed by atoms with van der Waals surface area (Å²) >= 11 is 0. The first-order chi connectivity index (χ1) is 14.0. The van der Waals surface area contributed by atoms with Crippen molar-refractivity contribution < 1.29 is 23.8 Å². The Bertz CT molecular complexity index is 1120. The molecule has 4 rings (SSSR count). The SMILES string of the molecule is O=C(O)[C@H]1CCCN1C(=O)COc1ccc(-c2cc3ccccc3c(=O)o2)cc1. The van der Waals surface area contributed by atoms with Gasteiger partial charge in [0.15, 0.2) is 6.61 Å². The minimum atomic E-state index is -0.989. The highest BCUT2D eigenvalue weighted by atomic mass is 16.5. The van der Waals surface area contributed by atoms with Crippen molar-refractivity contribution in [3.8, 4) is 17.1 Å². The molecule has 7 nitrogen and oxygen atoms in total. The Morgan fingerprint density at radius 3 is 2.66 bits per heavy atom. The van der Waals surface area contributed by atoms with E-state index in [4.69, 9.17) is 9.15 Å². The second-order valence-corrected chi connectivity index (χ2v) is 6.88. The number of benzene rings is 2. The Morgan fingerprint density at radius 1 is 1.14 bits per heavy atom. The molecule has 0 bridgehead atoms. The highest BCUT2D eigenvalue weighted by Crippen LogP contribution is 2.24. The molecule has 1 fully saturated rings. The van der Waals surface area contributed by atoms with Gasteiger partial charge in [-0.1, -0.05) is 18.2 Å². The molecule has 0 spiro atoms. The van der Waals surface area contributed by atoms with E-state index in [1.807, 2.05) is 12.1 Å². The number of nitrogens with zero attached hydrogens (tertiary/aromatic N) is 1. The molecule has 1 aliphatic heterocycles. The number of carboxylic acid groups (broad SMARTS) is 1. The van der Waals surface area contributed by atoms with Crippen LogP contribution in [0.2, 0.25) is 0 Å². The van der Waals surface area contributed by atoms with E-state index in [2.05, 4.69) is 0 Å². The van der Waals surface area contributed by atoms with Crippen molar-refractivity contribution in [1.29, 1.82) is 0 Å². The van der Waals surface area contributed by atoms with Gasteiger partial charge in [0.05, 0.1) is 5.39 Å². The number of fused-ring (bicyclic) bond motifs is 1. The first kappa shape index (κ1) is 18.7. The van der Waals surface area contributed by atoms with Crippen LogP contribution < -0.4 is 10.4 Å². The van der Waals surface area contributed by atoms with Crippen LogP contribution >= 0.6 is 0 Å². The van der Waals surface area contributed by atoms with Crippen molar-refractivity contribution in [3.05, 3.63) is 65.0 Å². The molecule has 1 saturated heterocycles. The standard InChI is InChI=1S/C22H19NO6/c24-20(23-11-3-6-18(23)21(25)26)13-28-16-9-7-14(8-10-16)19-12-15-4-1-2-5-17(15)22(27)29-19/h1-2,4-5,7-10,12,18H,3,6,11,13H2,(H,25,26)/t18-/m1/s1. The van der Waals surface area contributed by atoms with Crippen molar-refractivity contribution >= 4 is 22.6 Å². The molecular formula is C22H19NO6. The molecule has 3 aromatic rings. The van der Waals surface area contributed by atoms with Crippen molar-refractivity contribution in [2.45, 2.75) is 18.9 Å². The Hall–Kier alpha value is -3.61. The maximum absolute atomic E-state index is 12.3. The number of aliphatic carboxylic acids is 1. The van der Waals surface area contributed by atoms with Crippen LogP contribution in [0.3, 0.4) is 0 Å². The molecule has 0 unspecified atom stereocenters. The lowest BCUT2D eigenvalue weighted by Gasteiger charge is -2.21. The monoisotopic (exact) mass is 393 g/mol. The van der Waals surface area contributed by atoms with Crippen molar-refractivity contribution in [2.75, 3.05) is 13.2 Å². The van der Waals surface area contributed by atoms with E-state index < -0.39 is 17.6 Å². The van der Waals surface area contributed by atoms with Gasteiger partial charge in [0, 0.05) is 12.1 Å². The van der Waals surface area contributed by atoms with E-state index in [0.717, 1.165) is 5.39 Å². The van der Waals surface area contributed by atoms with Gasteiger partial charge in [0.25, 0.3) is 5.91 Å². The zero-order chi connectivity index (χ0) is 20.4. The molecule has 0 radical (unpaired) electrons. The van der Waals surface area contributed by atoms with Crippen molar-refractivity contribution in [1.82, 2.24) is 4.90 Å². The summed E-state index contributed by atoms with van der Waals surface area (Å²) in [5.74, 6) is -0.425. The lowest BCUT2D eigenvalue weighted by atomic mass is 10.1. The van der Waals surface area contributed by atoms with Crippen LogP contribution in [-0.4, -0.2) is 41.1 Å². The quantitative estimate of drug-likeness (QED) is 0.716. The number of amides is 1. The van der Waals surface area contributed by atoms with Crippen LogP contribution in [0.5, 0.6) is 5.75 Å². The lowest BCUT2D eigenvalue weighted by molar-refractivity contribution is -0.148. The fourth-order valence-corrected chi connectivity index (χ4v) is 3.54. The molecule has 1 amide bonds. The predicted octanol–water partition coefficient (Wildman–Crippen LogP) is 2.91. The number of carboxylic acids is 1. The average Bonchev–Trinajstić information content (AvgIpc) is 3.23. The number of likely N-dealkylation sites (tertiary alicyclic amines) is 1. The molecule has 148 valence electrons. The van der Waals surface area contributed by atoms with Gasteiger partial charge in [-0.3, -0.25) is 4.79 Å². The number of carbonyl (C=O) groups excluding carboxylic acids is 1. The topological polar surface area (TPSA) is 97.0 Å². The highest BCUT2D eigenvalue weighted by molar-refractivity contribution is 5.85. The van der Waals surface area contributed by atoms with Crippen LogP contribution in [-0.2, 0) is 9.59 Å². The predicted molar refractivity (Wildman–Crippen MR) is 106 cm³/mol. The van der Waals surface area contributed by atoms with Gasteiger partial charge in [-0.05, 0) is 54.6 Å². The molecule has 0 aliphatic carbocycles. The highest BCUT2D eigenvalue weighted by Gasteiger charge is 2.33. The largest absolute Gasteiger partial charge is 0.484 e. The molecule has 0 saturated carbocycles. The van der Waals surface area contributed by atoms with Gasteiger partial charge >= 0.3 is 11.6 Å². The van der Waals surface area contributed by atoms with Crippen LogP contribution in [0.15, 0.2) is 63.8 Å². The molecular weight excluding hydrogens is 374 g/mol. The lowest BCUT2D eigenvalue weighted by Crippen LogP contribution is -2.42. The third-order valence-corrected chi connectivity index (χ3v) is 5.03. The van der Waals surface area contributed by atoms with Gasteiger partial charge in [0.1, 0.15) is 17.6 Å². The molecule has 29 heavy (non-hydrogen) atoms. The molecule has 1 aromatic heterocycles. The summed E-state index contributed by atoms with van der Waals surface area (Å²) in [5, 5.41) is 10.5. The average molecular weight is 393 g/mol. The van der Waals surface area contributed by atoms with E-state index in [1.165, 1.54) is 4.90 Å². The smallest absolute Gasteiger partial charge is 0.344 e. The minimum Gasteiger partial charge on any atom is -0.484 e. The van der Waals surface area contributed by atoms with E-state index in [1.54, 1.807) is 42.5 Å². The number of hydrogen-bond acceptors (Lipinski definition) is 5. The fraction of sp³-hybridized carbons (Fsp3) is 0.227. The van der Waals surface area contributed by atoms with Crippen LogP contribution in [0.1, 0.15) is 12.8 Å². The van der Waals surface area contributed by atoms with Crippen molar-refractivity contribution in [2.24, 2.45) is 0 Å². The zero-order valence-electron chi connectivity index (χ0n) is 15.5. The van der Waals surface area contributed by atoms with E-state index in [0.29, 0.717) is 41.8 Å². The second kappa shape index (κ2) is 7.79. The summed E-state index contributed by atoms with van der Waals surface area (Å²) in [7, 11) is 0. The maximum Gasteiger partial charge on any atom is 0.344 e. The molecule has 1 N–H and O–H groups in total. The van der Waals surface area contributed by atoms with E-state index in [9.17, 15) is 19.5 Å². The van der Waals surface area contributed by atoms with Crippen LogP contribution in [0.25, 0.3) is 22.1 Å². The number of carbonyl (C=O) groups is 2. The van der Waals surface area contributed by atoms with Gasteiger partial charge in [-0.2, -0.15) is 0 Å². The Labute approximate surface area is 166 Å². The Morgan fingerprint density at radius 2 is 1.90 bits per heavy atom. The number of hydrogen-bond donors (Lipinski definition) is 1. The number of rotatable bonds is 5. The van der Waals surface area contributed by atoms with Gasteiger partial charge < -0.3 is 19.2 Å². The first-order valence-electron chi connectivity index (χ1n) is 9.31. The molecule has 1 aliphatic rings. The van der Waals surface area contributed by atoms with E-state index >= 15 is 0 Å². The molecule has 2 aromatic carbocycles. The summed E-state index contributed by atoms with van der Waals surface area (Å²) in [6, 6.07) is 15.1. The zero-order valence-corrected chi connectivity index (χ0v) is 15.5. The summed E-state index contributed by atoms with van der Waals surface area (Å²) in [5.41, 5.74) is 0.305. The maximum atomic E-state index is 12.3. The van der Waals surface area contributed by atoms with Crippen LogP contribution in [0.4, 0.5) is 0 Å².